The molecule has 0 saturated carbocycles. The summed E-state index contributed by atoms with van der Waals surface area (Å²) in [5, 5.41) is 3.20. The van der Waals surface area contributed by atoms with E-state index < -0.39 is 0 Å². The molecule has 1 aliphatic heterocycles. The maximum atomic E-state index is 13.7. The molecule has 3 rings (SSSR count). The van der Waals surface area contributed by atoms with E-state index in [4.69, 9.17) is 4.74 Å². The van der Waals surface area contributed by atoms with Crippen LogP contribution in [0.5, 0.6) is 0 Å². The third kappa shape index (κ3) is 5.02. The fraction of sp³-hybridized carbons (Fsp3) is 0.400. The van der Waals surface area contributed by atoms with Crippen molar-refractivity contribution in [3.05, 3.63) is 65.7 Å². The SMILES string of the molecule is CN=C(NCc1ncccc1F)N1CCC(COCc2ccccc2)C1. The van der Waals surface area contributed by atoms with E-state index in [2.05, 4.69) is 32.3 Å². The number of aromatic nitrogens is 1. The van der Waals surface area contributed by atoms with Crippen LogP contribution in [0.4, 0.5) is 4.39 Å². The zero-order chi connectivity index (χ0) is 18.2. The van der Waals surface area contributed by atoms with Crippen molar-refractivity contribution in [2.75, 3.05) is 26.7 Å². The average Bonchev–Trinajstić information content (AvgIpc) is 3.13. The van der Waals surface area contributed by atoms with Crippen molar-refractivity contribution in [3.8, 4) is 0 Å². The molecule has 0 bridgehead atoms. The molecule has 138 valence electrons. The number of nitrogens with zero attached hydrogens (tertiary/aromatic N) is 3. The van der Waals surface area contributed by atoms with Crippen LogP contribution in [0.2, 0.25) is 0 Å². The molecule has 1 saturated heterocycles. The molecule has 1 atom stereocenters. The minimum Gasteiger partial charge on any atom is -0.376 e. The van der Waals surface area contributed by atoms with Gasteiger partial charge in [-0.15, -0.1) is 0 Å². The summed E-state index contributed by atoms with van der Waals surface area (Å²) in [6.45, 7) is 3.51. The van der Waals surface area contributed by atoms with Crippen molar-refractivity contribution in [1.82, 2.24) is 15.2 Å². The fourth-order valence-corrected chi connectivity index (χ4v) is 3.12. The lowest BCUT2D eigenvalue weighted by Gasteiger charge is -2.21. The van der Waals surface area contributed by atoms with Gasteiger partial charge in [-0.1, -0.05) is 30.3 Å². The number of nitrogens with one attached hydrogen (secondary N) is 1. The fourth-order valence-electron chi connectivity index (χ4n) is 3.12. The lowest BCUT2D eigenvalue weighted by atomic mass is 10.1. The number of guanidine groups is 1. The van der Waals surface area contributed by atoms with Gasteiger partial charge in [-0.3, -0.25) is 9.98 Å². The monoisotopic (exact) mass is 356 g/mol. The Morgan fingerprint density at radius 3 is 2.92 bits per heavy atom. The van der Waals surface area contributed by atoms with Crippen LogP contribution in [0.1, 0.15) is 17.7 Å². The third-order valence-electron chi connectivity index (χ3n) is 4.51. The Hall–Kier alpha value is -2.47. The van der Waals surface area contributed by atoms with Crippen molar-refractivity contribution < 1.29 is 9.13 Å². The molecule has 6 heteroatoms. The number of ether oxygens (including phenoxy) is 1. The number of hydrogen-bond acceptors (Lipinski definition) is 3. The molecule has 1 unspecified atom stereocenters. The predicted molar refractivity (Wildman–Crippen MR) is 100 cm³/mol. The molecule has 2 aromatic rings. The Morgan fingerprint density at radius 2 is 2.15 bits per heavy atom. The lowest BCUT2D eigenvalue weighted by Crippen LogP contribution is -2.40. The summed E-state index contributed by atoms with van der Waals surface area (Å²) < 4.78 is 19.6. The molecule has 1 aromatic heterocycles. The average molecular weight is 356 g/mol. The van der Waals surface area contributed by atoms with Crippen LogP contribution in [-0.2, 0) is 17.9 Å². The Bertz CT molecular complexity index is 723. The molecule has 26 heavy (non-hydrogen) atoms. The van der Waals surface area contributed by atoms with Crippen LogP contribution >= 0.6 is 0 Å². The first-order valence-corrected chi connectivity index (χ1v) is 8.93. The first-order valence-electron chi connectivity index (χ1n) is 8.93. The van der Waals surface area contributed by atoms with Gasteiger partial charge in [0.25, 0.3) is 0 Å². The van der Waals surface area contributed by atoms with E-state index in [1.54, 1.807) is 19.3 Å². The highest BCUT2D eigenvalue weighted by Crippen LogP contribution is 2.17. The highest BCUT2D eigenvalue weighted by Gasteiger charge is 2.25. The van der Waals surface area contributed by atoms with Gasteiger partial charge in [-0.25, -0.2) is 4.39 Å². The first kappa shape index (κ1) is 18.3. The summed E-state index contributed by atoms with van der Waals surface area (Å²) in [6.07, 6.45) is 2.66. The van der Waals surface area contributed by atoms with Crippen LogP contribution in [0.3, 0.4) is 0 Å². The van der Waals surface area contributed by atoms with Crippen molar-refractivity contribution in [2.45, 2.75) is 19.6 Å². The van der Waals surface area contributed by atoms with Crippen molar-refractivity contribution >= 4 is 5.96 Å². The van der Waals surface area contributed by atoms with Gasteiger partial charge in [-0.2, -0.15) is 0 Å². The lowest BCUT2D eigenvalue weighted by molar-refractivity contribution is 0.0906. The van der Waals surface area contributed by atoms with Crippen LogP contribution in [0.25, 0.3) is 0 Å². The summed E-state index contributed by atoms with van der Waals surface area (Å²) in [5.74, 6) is 0.952. The smallest absolute Gasteiger partial charge is 0.193 e. The van der Waals surface area contributed by atoms with E-state index in [0.717, 1.165) is 32.1 Å². The maximum Gasteiger partial charge on any atom is 0.193 e. The van der Waals surface area contributed by atoms with E-state index >= 15 is 0 Å². The molecule has 2 heterocycles. The molecule has 1 aliphatic rings. The molecule has 0 aliphatic carbocycles. The van der Waals surface area contributed by atoms with Gasteiger partial charge >= 0.3 is 0 Å². The molecule has 1 aromatic carbocycles. The number of benzene rings is 1. The molecule has 0 amide bonds. The highest BCUT2D eigenvalue weighted by atomic mass is 19.1. The molecular weight excluding hydrogens is 331 g/mol. The normalized spacial score (nSPS) is 17.5. The third-order valence-corrected chi connectivity index (χ3v) is 4.51. The van der Waals surface area contributed by atoms with Crippen LogP contribution < -0.4 is 5.32 Å². The van der Waals surface area contributed by atoms with Crippen molar-refractivity contribution in [1.29, 1.82) is 0 Å². The molecule has 0 radical (unpaired) electrons. The van der Waals surface area contributed by atoms with Gasteiger partial charge < -0.3 is 15.0 Å². The largest absolute Gasteiger partial charge is 0.376 e. The summed E-state index contributed by atoms with van der Waals surface area (Å²) in [7, 11) is 1.75. The van der Waals surface area contributed by atoms with Crippen LogP contribution in [0, 0.1) is 11.7 Å². The van der Waals surface area contributed by atoms with E-state index in [0.29, 0.717) is 24.8 Å². The topological polar surface area (TPSA) is 49.8 Å². The number of likely N-dealkylation sites (tertiary alicyclic amines) is 1. The van der Waals surface area contributed by atoms with Crippen LogP contribution in [0.15, 0.2) is 53.7 Å². The number of halogens is 1. The quantitative estimate of drug-likeness (QED) is 0.639. The zero-order valence-electron chi connectivity index (χ0n) is 15.1. The summed E-state index contributed by atoms with van der Waals surface area (Å²) >= 11 is 0. The Kier molecular flexibility index (Phi) is 6.55. The second-order valence-corrected chi connectivity index (χ2v) is 6.43. The van der Waals surface area contributed by atoms with Gasteiger partial charge in [0.15, 0.2) is 5.96 Å². The summed E-state index contributed by atoms with van der Waals surface area (Å²) in [5.41, 5.74) is 1.59. The van der Waals surface area contributed by atoms with Crippen molar-refractivity contribution in [2.24, 2.45) is 10.9 Å². The zero-order valence-corrected chi connectivity index (χ0v) is 15.1. The molecule has 5 nitrogen and oxygen atoms in total. The van der Waals surface area contributed by atoms with E-state index in [-0.39, 0.29) is 5.82 Å². The Balaban J connectivity index is 1.43. The van der Waals surface area contributed by atoms with Gasteiger partial charge in [0.2, 0.25) is 0 Å². The second kappa shape index (κ2) is 9.29. The Morgan fingerprint density at radius 1 is 1.31 bits per heavy atom. The van der Waals surface area contributed by atoms with E-state index in [1.165, 1.54) is 11.6 Å². The van der Waals surface area contributed by atoms with Crippen molar-refractivity contribution in [3.63, 3.8) is 0 Å². The second-order valence-electron chi connectivity index (χ2n) is 6.43. The molecule has 1 fully saturated rings. The van der Waals surface area contributed by atoms with Gasteiger partial charge in [0.1, 0.15) is 5.82 Å². The highest BCUT2D eigenvalue weighted by molar-refractivity contribution is 5.80. The molecule has 1 N–H and O–H groups in total. The van der Waals surface area contributed by atoms with E-state index in [1.807, 2.05) is 18.2 Å². The van der Waals surface area contributed by atoms with Gasteiger partial charge in [0.05, 0.1) is 25.5 Å². The number of aliphatic imine (C=N–C) groups is 1. The minimum atomic E-state index is -0.302. The minimum absolute atomic E-state index is 0.302. The van der Waals surface area contributed by atoms with Gasteiger partial charge in [0, 0.05) is 32.3 Å². The number of hydrogen-bond donors (Lipinski definition) is 1. The molecule has 0 spiro atoms. The first-order chi connectivity index (χ1) is 12.8. The van der Waals surface area contributed by atoms with Gasteiger partial charge in [-0.05, 0) is 24.1 Å². The number of pyridine rings is 1. The standard InChI is InChI=1S/C20H25FN4O/c1-22-20(24-12-19-18(21)8-5-10-23-19)25-11-9-17(13-25)15-26-14-16-6-3-2-4-7-16/h2-8,10,17H,9,11-15H2,1H3,(H,22,24). The number of rotatable bonds is 6. The molecular formula is C20H25FN4O. The van der Waals surface area contributed by atoms with Crippen LogP contribution in [-0.4, -0.2) is 42.6 Å². The summed E-state index contributed by atoms with van der Waals surface area (Å²) in [4.78, 5) is 10.6. The predicted octanol–water partition coefficient (Wildman–Crippen LogP) is 2.83. The van der Waals surface area contributed by atoms with E-state index in [9.17, 15) is 4.39 Å². The summed E-state index contributed by atoms with van der Waals surface area (Å²) in [6, 6.07) is 13.2. The Labute approximate surface area is 153 Å². The maximum absolute atomic E-state index is 13.7.